The van der Waals surface area contributed by atoms with Crippen molar-refractivity contribution in [3.63, 3.8) is 0 Å². The van der Waals surface area contributed by atoms with Gasteiger partial charge in [-0.2, -0.15) is 0 Å². The van der Waals surface area contributed by atoms with Crippen LogP contribution in [0.3, 0.4) is 0 Å². The third kappa shape index (κ3) is 3.91. The van der Waals surface area contributed by atoms with Gasteiger partial charge in [-0.15, -0.1) is 0 Å². The highest BCUT2D eigenvalue weighted by Crippen LogP contribution is 2.28. The van der Waals surface area contributed by atoms with Crippen LogP contribution >= 0.6 is 0 Å². The summed E-state index contributed by atoms with van der Waals surface area (Å²) in [7, 11) is 1.71. The van der Waals surface area contributed by atoms with Gasteiger partial charge in [0.2, 0.25) is 0 Å². The van der Waals surface area contributed by atoms with Crippen LogP contribution in [0.2, 0.25) is 0 Å². The number of benzene rings is 1. The number of hydrogen-bond acceptors (Lipinski definition) is 3. The number of methoxy groups -OCH3 is 1. The summed E-state index contributed by atoms with van der Waals surface area (Å²) in [5.74, 6) is 1.48. The van der Waals surface area contributed by atoms with Gasteiger partial charge in [0.1, 0.15) is 5.75 Å². The molecule has 1 aromatic carbocycles. The van der Waals surface area contributed by atoms with E-state index in [9.17, 15) is 0 Å². The lowest BCUT2D eigenvalue weighted by Crippen LogP contribution is -2.35. The van der Waals surface area contributed by atoms with Crippen LogP contribution in [-0.4, -0.2) is 43.6 Å². The number of likely N-dealkylation sites (tertiary alicyclic amines) is 1. The standard InChI is InChI=1S/C17H26N4O/c1-22-15-6-4-5-13(11-15)16(21-9-2-3-10-21)12-19-17(18)20-14-7-8-14/h4-6,11,14,16H,2-3,7-10,12H2,1H3,(H3,18,19,20). The van der Waals surface area contributed by atoms with Crippen LogP contribution in [0.25, 0.3) is 0 Å². The Bertz CT molecular complexity index is 521. The molecule has 120 valence electrons. The number of nitrogens with zero attached hydrogens (tertiary/aromatic N) is 2. The molecule has 0 amide bonds. The smallest absolute Gasteiger partial charge is 0.188 e. The van der Waals surface area contributed by atoms with E-state index in [1.54, 1.807) is 7.11 Å². The maximum Gasteiger partial charge on any atom is 0.188 e. The van der Waals surface area contributed by atoms with Crippen LogP contribution in [0.5, 0.6) is 5.75 Å². The van der Waals surface area contributed by atoms with Crippen molar-refractivity contribution in [2.24, 2.45) is 10.7 Å². The lowest BCUT2D eigenvalue weighted by atomic mass is 10.1. The highest BCUT2D eigenvalue weighted by Gasteiger charge is 2.25. The summed E-state index contributed by atoms with van der Waals surface area (Å²) >= 11 is 0. The molecule has 22 heavy (non-hydrogen) atoms. The summed E-state index contributed by atoms with van der Waals surface area (Å²) in [5.41, 5.74) is 7.25. The molecule has 3 rings (SSSR count). The first-order chi connectivity index (χ1) is 10.8. The third-order valence-electron chi connectivity index (χ3n) is 4.42. The zero-order valence-corrected chi connectivity index (χ0v) is 13.3. The van der Waals surface area contributed by atoms with Gasteiger partial charge >= 0.3 is 0 Å². The van der Waals surface area contributed by atoms with Crippen molar-refractivity contribution in [1.29, 1.82) is 0 Å². The molecule has 0 spiro atoms. The van der Waals surface area contributed by atoms with Crippen LogP contribution in [0.4, 0.5) is 0 Å². The molecule has 1 heterocycles. The Morgan fingerprint density at radius 3 is 2.86 bits per heavy atom. The molecule has 5 heteroatoms. The van der Waals surface area contributed by atoms with E-state index in [0.29, 0.717) is 18.5 Å². The monoisotopic (exact) mass is 302 g/mol. The fourth-order valence-electron chi connectivity index (χ4n) is 3.00. The number of hydrogen-bond donors (Lipinski definition) is 2. The van der Waals surface area contributed by atoms with Gasteiger partial charge in [-0.1, -0.05) is 12.1 Å². The first-order valence-electron chi connectivity index (χ1n) is 8.20. The third-order valence-corrected chi connectivity index (χ3v) is 4.42. The Morgan fingerprint density at radius 2 is 2.18 bits per heavy atom. The Labute approximate surface area is 132 Å². The molecule has 2 fully saturated rings. The van der Waals surface area contributed by atoms with Crippen molar-refractivity contribution in [1.82, 2.24) is 10.2 Å². The number of nitrogens with one attached hydrogen (secondary N) is 1. The van der Waals surface area contributed by atoms with E-state index < -0.39 is 0 Å². The Morgan fingerprint density at radius 1 is 1.41 bits per heavy atom. The molecule has 5 nitrogen and oxygen atoms in total. The molecule has 0 bridgehead atoms. The van der Waals surface area contributed by atoms with Gasteiger partial charge < -0.3 is 15.8 Å². The Hall–Kier alpha value is -1.75. The summed E-state index contributed by atoms with van der Waals surface area (Å²) in [5, 5.41) is 3.26. The van der Waals surface area contributed by atoms with E-state index in [-0.39, 0.29) is 6.04 Å². The van der Waals surface area contributed by atoms with E-state index in [1.165, 1.54) is 31.2 Å². The first kappa shape index (κ1) is 15.2. The Balaban J connectivity index is 1.73. The number of aliphatic imine (C=N–C) groups is 1. The van der Waals surface area contributed by atoms with Crippen molar-refractivity contribution in [2.75, 3.05) is 26.7 Å². The minimum atomic E-state index is 0.275. The van der Waals surface area contributed by atoms with Gasteiger partial charge in [-0.3, -0.25) is 9.89 Å². The van der Waals surface area contributed by atoms with Gasteiger partial charge in [-0.05, 0) is 56.5 Å². The topological polar surface area (TPSA) is 62.9 Å². The highest BCUT2D eigenvalue weighted by molar-refractivity contribution is 5.78. The molecule has 1 aliphatic carbocycles. The molecule has 0 radical (unpaired) electrons. The summed E-state index contributed by atoms with van der Waals surface area (Å²) in [6.07, 6.45) is 4.95. The molecule has 2 aliphatic rings. The fraction of sp³-hybridized carbons (Fsp3) is 0.588. The molecule has 1 unspecified atom stereocenters. The van der Waals surface area contributed by atoms with E-state index in [4.69, 9.17) is 10.5 Å². The predicted molar refractivity (Wildman–Crippen MR) is 89.2 cm³/mol. The van der Waals surface area contributed by atoms with Crippen LogP contribution < -0.4 is 15.8 Å². The average Bonchev–Trinajstić information content (AvgIpc) is 3.18. The summed E-state index contributed by atoms with van der Waals surface area (Å²) < 4.78 is 5.36. The van der Waals surface area contributed by atoms with Crippen LogP contribution in [0.15, 0.2) is 29.3 Å². The second kappa shape index (κ2) is 7.01. The minimum absolute atomic E-state index is 0.275. The zero-order valence-electron chi connectivity index (χ0n) is 13.3. The van der Waals surface area contributed by atoms with Crippen molar-refractivity contribution >= 4 is 5.96 Å². The number of ether oxygens (including phenoxy) is 1. The molecule has 1 aliphatic heterocycles. The van der Waals surface area contributed by atoms with E-state index >= 15 is 0 Å². The molecule has 3 N–H and O–H groups in total. The molecule has 1 saturated carbocycles. The van der Waals surface area contributed by atoms with Gasteiger partial charge in [0.05, 0.1) is 19.7 Å². The zero-order chi connectivity index (χ0) is 15.4. The lowest BCUT2D eigenvalue weighted by Gasteiger charge is -2.27. The molecule has 1 saturated heterocycles. The summed E-state index contributed by atoms with van der Waals surface area (Å²) in [6.45, 7) is 2.96. The summed E-state index contributed by atoms with van der Waals surface area (Å²) in [4.78, 5) is 7.08. The molecular weight excluding hydrogens is 276 g/mol. The van der Waals surface area contributed by atoms with Crippen LogP contribution in [0, 0.1) is 0 Å². The lowest BCUT2D eigenvalue weighted by molar-refractivity contribution is 0.251. The fourth-order valence-corrected chi connectivity index (χ4v) is 3.00. The second-order valence-electron chi connectivity index (χ2n) is 6.18. The number of rotatable bonds is 6. The van der Waals surface area contributed by atoms with E-state index in [1.807, 2.05) is 12.1 Å². The average molecular weight is 302 g/mol. The number of guanidine groups is 1. The van der Waals surface area contributed by atoms with Crippen LogP contribution in [0.1, 0.15) is 37.3 Å². The molecule has 0 aromatic heterocycles. The van der Waals surface area contributed by atoms with E-state index in [0.717, 1.165) is 18.8 Å². The summed E-state index contributed by atoms with van der Waals surface area (Å²) in [6, 6.07) is 9.13. The van der Waals surface area contributed by atoms with Gasteiger partial charge in [0, 0.05) is 6.04 Å². The van der Waals surface area contributed by atoms with E-state index in [2.05, 4.69) is 27.3 Å². The second-order valence-corrected chi connectivity index (χ2v) is 6.18. The molecule has 1 aromatic rings. The maximum absolute atomic E-state index is 5.99. The van der Waals surface area contributed by atoms with Gasteiger partial charge in [0.15, 0.2) is 5.96 Å². The predicted octanol–water partition coefficient (Wildman–Crippen LogP) is 1.90. The largest absolute Gasteiger partial charge is 0.497 e. The maximum atomic E-state index is 5.99. The first-order valence-corrected chi connectivity index (χ1v) is 8.20. The highest BCUT2D eigenvalue weighted by atomic mass is 16.5. The van der Waals surface area contributed by atoms with Gasteiger partial charge in [-0.25, -0.2) is 0 Å². The van der Waals surface area contributed by atoms with Gasteiger partial charge in [0.25, 0.3) is 0 Å². The molecular formula is C17H26N4O. The van der Waals surface area contributed by atoms with Crippen molar-refractivity contribution in [2.45, 2.75) is 37.8 Å². The van der Waals surface area contributed by atoms with Crippen molar-refractivity contribution in [3.8, 4) is 5.75 Å². The van der Waals surface area contributed by atoms with Crippen molar-refractivity contribution in [3.05, 3.63) is 29.8 Å². The minimum Gasteiger partial charge on any atom is -0.497 e. The quantitative estimate of drug-likeness (QED) is 0.622. The van der Waals surface area contributed by atoms with Crippen LogP contribution in [-0.2, 0) is 0 Å². The normalized spacial score (nSPS) is 20.9. The number of nitrogens with two attached hydrogens (primary N) is 1. The SMILES string of the molecule is COc1cccc(C(CN=C(N)NC2CC2)N2CCCC2)c1. The molecule has 1 atom stereocenters. The van der Waals surface area contributed by atoms with Crippen molar-refractivity contribution < 1.29 is 4.74 Å². The Kier molecular flexibility index (Phi) is 4.83.